The molecule has 0 saturated carbocycles. The average Bonchev–Trinajstić information content (AvgIpc) is 2.83. The number of benzene rings is 1. The Morgan fingerprint density at radius 1 is 1.00 bits per heavy atom. The first kappa shape index (κ1) is 35.6. The van der Waals surface area contributed by atoms with Crippen molar-refractivity contribution in [3.8, 4) is 0 Å². The van der Waals surface area contributed by atoms with Crippen molar-refractivity contribution in [3.63, 3.8) is 0 Å². The fourth-order valence-corrected chi connectivity index (χ4v) is 6.85. The fourth-order valence-electron chi connectivity index (χ4n) is 4.19. The van der Waals surface area contributed by atoms with E-state index in [2.05, 4.69) is 4.90 Å². The number of halogens is 3. The summed E-state index contributed by atoms with van der Waals surface area (Å²) in [5, 5.41) is 6.57. The third-order valence-corrected chi connectivity index (χ3v) is 10.6. The predicted octanol–water partition coefficient (Wildman–Crippen LogP) is 1.19. The first-order chi connectivity index (χ1) is 17.2. The summed E-state index contributed by atoms with van der Waals surface area (Å²) in [7, 11) is -10.9. The lowest BCUT2D eigenvalue weighted by Crippen LogP contribution is -2.53. The van der Waals surface area contributed by atoms with E-state index in [0.29, 0.717) is 57.4 Å². The largest absolute Gasteiger partial charge is 0.369 e. The summed E-state index contributed by atoms with van der Waals surface area (Å²) in [4.78, 5) is 55.4. The van der Waals surface area contributed by atoms with Crippen molar-refractivity contribution in [2.24, 2.45) is 5.73 Å². The summed E-state index contributed by atoms with van der Waals surface area (Å²) < 4.78 is 22.9. The normalized spacial score (nSPS) is 16.2. The number of hydrogen-bond acceptors (Lipinski definition) is 7. The lowest BCUT2D eigenvalue weighted by molar-refractivity contribution is -0.134. The minimum Gasteiger partial charge on any atom is -0.369 e. The summed E-state index contributed by atoms with van der Waals surface area (Å²) in [5.41, 5.74) is 8.10. The molecule has 17 heteroatoms. The number of rotatable bonds is 14. The molecule has 2 rings (SSSR count). The van der Waals surface area contributed by atoms with Crippen molar-refractivity contribution in [2.45, 2.75) is 30.4 Å². The summed E-state index contributed by atoms with van der Waals surface area (Å²) in [6.07, 6.45) is -0.447. The summed E-state index contributed by atoms with van der Waals surface area (Å²) in [5.74, 6) is 0.773. The van der Waals surface area contributed by atoms with Crippen LogP contribution in [0.2, 0.25) is 0 Å². The van der Waals surface area contributed by atoms with Gasteiger partial charge in [-0.3, -0.25) is 18.8 Å². The number of nitrogens with zero attached hydrogens (tertiary/aromatic N) is 3. The maximum Gasteiger partial charge on any atom is 0.369 e. The van der Waals surface area contributed by atoms with E-state index in [0.717, 1.165) is 11.3 Å². The van der Waals surface area contributed by atoms with Crippen molar-refractivity contribution >= 4 is 62.4 Å². The Morgan fingerprint density at radius 3 is 1.95 bits per heavy atom. The molecule has 1 aromatic carbocycles. The SMILES string of the molecule is Cl.N[C@@H](Cc1ccc(N(CCCl)CCCl)cc1)C(=O)N1CCN(CCCC(O)(P(=O)(O)O)P(=O)(O)O)CC1. The second-order valence-corrected chi connectivity index (χ2v) is 13.7. The molecule has 1 heterocycles. The topological polar surface area (TPSA) is 188 Å². The molecule has 12 nitrogen and oxygen atoms in total. The van der Waals surface area contributed by atoms with Crippen molar-refractivity contribution < 1.29 is 38.6 Å². The minimum atomic E-state index is -5.46. The third kappa shape index (κ3) is 9.58. The number of amides is 1. The van der Waals surface area contributed by atoms with Gasteiger partial charge in [-0.05, 0) is 37.1 Å². The summed E-state index contributed by atoms with van der Waals surface area (Å²) in [6.45, 7) is 3.27. The lowest BCUT2D eigenvalue weighted by atomic mass is 10.0. The minimum absolute atomic E-state index is 0. The number of alkyl halides is 2. The molecule has 1 aromatic rings. The van der Waals surface area contributed by atoms with Crippen LogP contribution in [0.4, 0.5) is 5.69 Å². The Morgan fingerprint density at radius 2 is 1.50 bits per heavy atom. The zero-order valence-electron chi connectivity index (χ0n) is 20.8. The number of anilines is 1. The van der Waals surface area contributed by atoms with Gasteiger partial charge in [-0.2, -0.15) is 0 Å². The molecule has 1 aliphatic heterocycles. The molecule has 1 aliphatic rings. The number of aliphatic hydroxyl groups is 1. The Balaban J connectivity index is 0.00000722. The molecule has 1 saturated heterocycles. The van der Waals surface area contributed by atoms with Gasteiger partial charge in [0.05, 0.1) is 6.04 Å². The van der Waals surface area contributed by atoms with E-state index in [-0.39, 0.29) is 31.3 Å². The van der Waals surface area contributed by atoms with E-state index in [9.17, 15) is 38.6 Å². The molecule has 0 bridgehead atoms. The first-order valence-electron chi connectivity index (χ1n) is 11.8. The fraction of sp³-hybridized carbons (Fsp3) is 0.667. The number of carbonyl (C=O) groups is 1. The standard InChI is InChI=1S/C21H36Cl2N4O8P2.ClH/c22-7-10-26(11-8-23)18-4-2-17(3-5-18)16-19(24)20(28)27-14-12-25(13-15-27)9-1-6-21(29,36(30,31)32)37(33,34)35;/h2-5,19,29H,1,6-16,24H2,(H2,30,31,32)(H2,33,34,35);1H/t19-;/m0./s1. The third-order valence-electron chi connectivity index (χ3n) is 6.39. The Labute approximate surface area is 238 Å². The molecule has 1 fully saturated rings. The van der Waals surface area contributed by atoms with Crippen molar-refractivity contribution in [3.05, 3.63) is 29.8 Å². The van der Waals surface area contributed by atoms with E-state index in [4.69, 9.17) is 28.9 Å². The highest BCUT2D eigenvalue weighted by Gasteiger charge is 2.58. The zero-order chi connectivity index (χ0) is 27.9. The van der Waals surface area contributed by atoms with E-state index in [1.54, 1.807) is 4.90 Å². The average molecular weight is 642 g/mol. The van der Waals surface area contributed by atoms with E-state index >= 15 is 0 Å². The summed E-state index contributed by atoms with van der Waals surface area (Å²) >= 11 is 11.7. The van der Waals surface area contributed by atoms with E-state index in [1.165, 1.54) is 0 Å². The van der Waals surface area contributed by atoms with Crippen molar-refractivity contribution in [1.82, 2.24) is 9.80 Å². The highest BCUT2D eigenvalue weighted by atomic mass is 35.5. The number of carbonyl (C=O) groups excluding carboxylic acids is 1. The molecule has 1 amide bonds. The molecule has 0 aliphatic carbocycles. The summed E-state index contributed by atoms with van der Waals surface area (Å²) in [6, 6.07) is 7.02. The van der Waals surface area contributed by atoms with Gasteiger partial charge in [-0.15, -0.1) is 35.6 Å². The maximum atomic E-state index is 12.9. The van der Waals surface area contributed by atoms with Gasteiger partial charge in [-0.25, -0.2) is 0 Å². The van der Waals surface area contributed by atoms with Crippen LogP contribution >= 0.6 is 50.8 Å². The Kier molecular flexibility index (Phi) is 14.5. The molecule has 0 radical (unpaired) electrons. The second kappa shape index (κ2) is 15.5. The van der Waals surface area contributed by atoms with E-state index < -0.39 is 32.7 Å². The molecule has 220 valence electrons. The molecule has 0 unspecified atom stereocenters. The smallest absolute Gasteiger partial charge is 0.369 e. The molecule has 7 N–H and O–H groups in total. The Bertz CT molecular complexity index is 946. The highest BCUT2D eigenvalue weighted by molar-refractivity contribution is 7.72. The predicted molar refractivity (Wildman–Crippen MR) is 150 cm³/mol. The van der Waals surface area contributed by atoms with Gasteiger partial charge in [0.1, 0.15) is 0 Å². The van der Waals surface area contributed by atoms with Crippen LogP contribution in [-0.4, -0.2) is 109 Å². The van der Waals surface area contributed by atoms with Crippen LogP contribution in [-0.2, 0) is 20.3 Å². The van der Waals surface area contributed by atoms with Gasteiger partial charge in [-0.1, -0.05) is 12.1 Å². The van der Waals surface area contributed by atoms with Gasteiger partial charge in [0.25, 0.3) is 5.08 Å². The van der Waals surface area contributed by atoms with Crippen LogP contribution < -0.4 is 10.6 Å². The van der Waals surface area contributed by atoms with Gasteiger partial charge in [0, 0.05) is 63.1 Å². The quantitative estimate of drug-likeness (QED) is 0.126. The van der Waals surface area contributed by atoms with Gasteiger partial charge in [0.2, 0.25) is 5.91 Å². The molecular weight excluding hydrogens is 605 g/mol. The van der Waals surface area contributed by atoms with Crippen LogP contribution in [0, 0.1) is 0 Å². The van der Waals surface area contributed by atoms with Crippen LogP contribution in [0.1, 0.15) is 18.4 Å². The van der Waals surface area contributed by atoms with Gasteiger partial charge < -0.3 is 40.2 Å². The first-order valence-corrected chi connectivity index (χ1v) is 16.1. The molecule has 1 atom stereocenters. The monoisotopic (exact) mass is 640 g/mol. The molecule has 0 spiro atoms. The zero-order valence-corrected chi connectivity index (χ0v) is 24.9. The van der Waals surface area contributed by atoms with Crippen molar-refractivity contribution in [1.29, 1.82) is 0 Å². The van der Waals surface area contributed by atoms with Crippen molar-refractivity contribution in [2.75, 3.05) is 62.5 Å². The molecular formula is C21H37Cl3N4O8P2. The van der Waals surface area contributed by atoms with Gasteiger partial charge in [0.15, 0.2) is 0 Å². The number of nitrogens with two attached hydrogens (primary N) is 1. The Hall–Kier alpha value is -0.460. The molecule has 0 aromatic heterocycles. The van der Waals surface area contributed by atoms with Crippen LogP contribution in [0.5, 0.6) is 0 Å². The number of hydrogen-bond donors (Lipinski definition) is 6. The van der Waals surface area contributed by atoms with Crippen LogP contribution in [0.3, 0.4) is 0 Å². The maximum absolute atomic E-state index is 12.9. The van der Waals surface area contributed by atoms with Crippen LogP contribution in [0.15, 0.2) is 24.3 Å². The second-order valence-electron chi connectivity index (χ2n) is 8.97. The molecule has 38 heavy (non-hydrogen) atoms. The van der Waals surface area contributed by atoms with E-state index in [1.807, 2.05) is 29.2 Å². The number of piperazine rings is 1. The lowest BCUT2D eigenvalue weighted by Gasteiger charge is -2.36. The highest BCUT2D eigenvalue weighted by Crippen LogP contribution is 2.69. The van der Waals surface area contributed by atoms with Crippen LogP contribution in [0.25, 0.3) is 0 Å². The van der Waals surface area contributed by atoms with Gasteiger partial charge >= 0.3 is 15.2 Å².